The van der Waals surface area contributed by atoms with Crippen LogP contribution in [0.2, 0.25) is 0 Å². The molecule has 0 spiro atoms. The zero-order chi connectivity index (χ0) is 8.97. The van der Waals surface area contributed by atoms with Crippen LogP contribution in [0.25, 0.3) is 6.08 Å². The molecule has 0 unspecified atom stereocenters. The molecule has 1 N–H and O–H groups in total. The molecule has 62 valence electrons. The number of hydrogen-bond donors (Lipinski definition) is 1. The smallest absolute Gasteiger partial charge is 0.235 e. The van der Waals surface area contributed by atoms with Crippen molar-refractivity contribution in [3.05, 3.63) is 46.1 Å². The lowest BCUT2D eigenvalue weighted by Gasteiger charge is -1.94. The minimum absolute atomic E-state index is 0.0376. The molecule has 0 radical (unpaired) electrons. The van der Waals surface area contributed by atoms with E-state index in [1.807, 2.05) is 0 Å². The van der Waals surface area contributed by atoms with E-state index in [1.165, 1.54) is 12.1 Å². The molecule has 0 atom stereocenters. The monoisotopic (exact) mass is 165 g/mol. The molecule has 0 amide bonds. The Labute approximate surface area is 68.9 Å². The van der Waals surface area contributed by atoms with Crippen LogP contribution in [0.5, 0.6) is 5.75 Å². The maximum absolute atomic E-state index is 9.92. The molecule has 0 bridgehead atoms. The van der Waals surface area contributed by atoms with E-state index in [4.69, 9.17) is 5.11 Å². The normalized spacial score (nSPS) is 10.3. The summed E-state index contributed by atoms with van der Waals surface area (Å²) in [4.78, 5) is 9.34. The fraction of sp³-hybridized carbons (Fsp3) is 0. The first-order chi connectivity index (χ1) is 5.70. The first kappa shape index (κ1) is 8.26. The lowest BCUT2D eigenvalue weighted by molar-refractivity contribution is -0.400. The predicted molar refractivity (Wildman–Crippen MR) is 44.1 cm³/mol. The molecule has 0 fully saturated rings. The Morgan fingerprint density at radius 2 is 2.08 bits per heavy atom. The second-order valence-corrected chi connectivity index (χ2v) is 2.16. The van der Waals surface area contributed by atoms with Crippen LogP contribution in [0.15, 0.2) is 30.5 Å². The molecule has 0 aliphatic carbocycles. The Kier molecular flexibility index (Phi) is 2.42. The van der Waals surface area contributed by atoms with Gasteiger partial charge in [-0.25, -0.2) is 0 Å². The van der Waals surface area contributed by atoms with E-state index in [1.54, 1.807) is 18.2 Å². The lowest BCUT2D eigenvalue weighted by Crippen LogP contribution is -1.82. The number of nitrogens with zero attached hydrogens (tertiary/aromatic N) is 1. The van der Waals surface area contributed by atoms with Crippen LogP contribution < -0.4 is 0 Å². The van der Waals surface area contributed by atoms with Gasteiger partial charge in [0.1, 0.15) is 5.75 Å². The van der Waals surface area contributed by atoms with Gasteiger partial charge in [0.05, 0.1) is 4.92 Å². The Morgan fingerprint density at radius 1 is 1.42 bits per heavy atom. The third kappa shape index (κ3) is 2.09. The predicted octanol–water partition coefficient (Wildman–Crippen LogP) is 1.64. The first-order valence-corrected chi connectivity index (χ1v) is 3.30. The summed E-state index contributed by atoms with van der Waals surface area (Å²) in [6.45, 7) is 0. The van der Waals surface area contributed by atoms with Crippen molar-refractivity contribution in [1.29, 1.82) is 0 Å². The molecular weight excluding hydrogens is 158 g/mol. The van der Waals surface area contributed by atoms with Gasteiger partial charge in [-0.2, -0.15) is 0 Å². The summed E-state index contributed by atoms with van der Waals surface area (Å²) in [7, 11) is 0. The number of benzene rings is 1. The molecule has 0 heterocycles. The molecule has 0 aromatic heterocycles. The lowest BCUT2D eigenvalue weighted by atomic mass is 10.2. The quantitative estimate of drug-likeness (QED) is 0.535. The van der Waals surface area contributed by atoms with Gasteiger partial charge >= 0.3 is 0 Å². The van der Waals surface area contributed by atoms with Crippen molar-refractivity contribution in [3.63, 3.8) is 0 Å². The Morgan fingerprint density at radius 3 is 2.67 bits per heavy atom. The number of hydrogen-bond acceptors (Lipinski definition) is 3. The fourth-order valence-corrected chi connectivity index (χ4v) is 0.770. The van der Waals surface area contributed by atoms with Gasteiger partial charge in [0, 0.05) is 11.6 Å². The van der Waals surface area contributed by atoms with Crippen molar-refractivity contribution in [1.82, 2.24) is 0 Å². The van der Waals surface area contributed by atoms with Crippen molar-refractivity contribution in [2.24, 2.45) is 0 Å². The van der Waals surface area contributed by atoms with Crippen molar-refractivity contribution in [2.75, 3.05) is 0 Å². The number of rotatable bonds is 2. The van der Waals surface area contributed by atoms with E-state index in [-0.39, 0.29) is 5.75 Å². The standard InChI is InChI=1S/C8H7NO3/c10-8-4-2-1-3-7(8)5-6-9(11)12/h1-6,10H/b6-5-. The summed E-state index contributed by atoms with van der Waals surface area (Å²) >= 11 is 0. The SMILES string of the molecule is O=[N+]([O-])/C=C\c1ccccc1O. The molecule has 1 rings (SSSR count). The highest BCUT2D eigenvalue weighted by Crippen LogP contribution is 2.16. The average Bonchev–Trinajstić information content (AvgIpc) is 2.03. The van der Waals surface area contributed by atoms with Crippen LogP contribution in [0, 0.1) is 10.1 Å². The summed E-state index contributed by atoms with van der Waals surface area (Å²) in [6.07, 6.45) is 2.03. The molecule has 0 aliphatic rings. The number of para-hydroxylation sites is 1. The maximum atomic E-state index is 9.92. The van der Waals surface area contributed by atoms with E-state index >= 15 is 0 Å². The van der Waals surface area contributed by atoms with Gasteiger partial charge in [-0.05, 0) is 6.07 Å². The van der Waals surface area contributed by atoms with Gasteiger partial charge < -0.3 is 5.11 Å². The van der Waals surface area contributed by atoms with E-state index in [2.05, 4.69) is 0 Å². The van der Waals surface area contributed by atoms with Crippen LogP contribution in [-0.4, -0.2) is 10.0 Å². The Bertz CT molecular complexity index is 320. The van der Waals surface area contributed by atoms with Crippen molar-refractivity contribution in [2.45, 2.75) is 0 Å². The zero-order valence-corrected chi connectivity index (χ0v) is 6.18. The Hall–Kier alpha value is -1.84. The Balaban J connectivity index is 2.89. The van der Waals surface area contributed by atoms with Crippen LogP contribution in [0.1, 0.15) is 5.56 Å². The molecule has 0 saturated heterocycles. The third-order valence-electron chi connectivity index (χ3n) is 1.31. The van der Waals surface area contributed by atoms with Crippen molar-refractivity contribution >= 4 is 6.08 Å². The molecule has 4 heteroatoms. The second-order valence-electron chi connectivity index (χ2n) is 2.16. The van der Waals surface area contributed by atoms with Crippen molar-refractivity contribution < 1.29 is 10.0 Å². The van der Waals surface area contributed by atoms with E-state index < -0.39 is 4.92 Å². The van der Waals surface area contributed by atoms with Gasteiger partial charge in [-0.3, -0.25) is 10.1 Å². The van der Waals surface area contributed by atoms with E-state index in [0.717, 1.165) is 6.20 Å². The molecule has 1 aromatic carbocycles. The summed E-state index contributed by atoms with van der Waals surface area (Å²) < 4.78 is 0. The van der Waals surface area contributed by atoms with Crippen LogP contribution in [-0.2, 0) is 0 Å². The summed E-state index contributed by atoms with van der Waals surface area (Å²) in [6, 6.07) is 6.41. The third-order valence-corrected chi connectivity index (χ3v) is 1.31. The molecule has 0 aliphatic heterocycles. The zero-order valence-electron chi connectivity index (χ0n) is 6.18. The second kappa shape index (κ2) is 3.52. The topological polar surface area (TPSA) is 63.4 Å². The molecule has 4 nitrogen and oxygen atoms in total. The van der Waals surface area contributed by atoms with Gasteiger partial charge in [-0.1, -0.05) is 18.2 Å². The number of phenolic OH excluding ortho intramolecular Hbond substituents is 1. The highest BCUT2D eigenvalue weighted by atomic mass is 16.6. The molecule has 12 heavy (non-hydrogen) atoms. The van der Waals surface area contributed by atoms with Crippen LogP contribution in [0.3, 0.4) is 0 Å². The van der Waals surface area contributed by atoms with Gasteiger partial charge in [0.25, 0.3) is 0 Å². The fourth-order valence-electron chi connectivity index (χ4n) is 0.770. The summed E-state index contributed by atoms with van der Waals surface area (Å²) in [5.74, 6) is 0.0376. The largest absolute Gasteiger partial charge is 0.507 e. The number of aromatic hydroxyl groups is 1. The highest BCUT2D eigenvalue weighted by Gasteiger charge is 1.95. The van der Waals surface area contributed by atoms with Gasteiger partial charge in [-0.15, -0.1) is 0 Å². The molecular formula is C8H7NO3. The van der Waals surface area contributed by atoms with Crippen molar-refractivity contribution in [3.8, 4) is 5.75 Å². The minimum Gasteiger partial charge on any atom is -0.507 e. The van der Waals surface area contributed by atoms with Crippen LogP contribution >= 0.6 is 0 Å². The summed E-state index contributed by atoms with van der Waals surface area (Å²) in [5.41, 5.74) is 0.439. The van der Waals surface area contributed by atoms with Gasteiger partial charge in [0.15, 0.2) is 0 Å². The van der Waals surface area contributed by atoms with Gasteiger partial charge in [0.2, 0.25) is 6.20 Å². The highest BCUT2D eigenvalue weighted by molar-refractivity contribution is 5.55. The first-order valence-electron chi connectivity index (χ1n) is 3.30. The number of nitro groups is 1. The maximum Gasteiger partial charge on any atom is 0.235 e. The summed E-state index contributed by atoms with van der Waals surface area (Å²) in [5, 5.41) is 19.1. The van der Waals surface area contributed by atoms with Crippen LogP contribution in [0.4, 0.5) is 0 Å². The average molecular weight is 165 g/mol. The van der Waals surface area contributed by atoms with E-state index in [0.29, 0.717) is 5.56 Å². The molecule has 1 aromatic rings. The molecule has 0 saturated carbocycles. The van der Waals surface area contributed by atoms with E-state index in [9.17, 15) is 10.1 Å². The number of phenols is 1. The minimum atomic E-state index is -0.577.